The number of nitrogens with two attached hydrogens (primary N) is 1. The van der Waals surface area contributed by atoms with E-state index in [0.29, 0.717) is 22.0 Å². The Hall–Kier alpha value is -2.73. The summed E-state index contributed by atoms with van der Waals surface area (Å²) < 4.78 is 5.46. The lowest BCUT2D eigenvalue weighted by Gasteiger charge is -2.22. The predicted molar refractivity (Wildman–Crippen MR) is 102 cm³/mol. The summed E-state index contributed by atoms with van der Waals surface area (Å²) in [5, 5.41) is 3.42. The van der Waals surface area contributed by atoms with Crippen LogP contribution in [0.1, 0.15) is 23.2 Å². The minimum atomic E-state index is -0.536. The van der Waals surface area contributed by atoms with Gasteiger partial charge in [-0.1, -0.05) is 11.6 Å². The Labute approximate surface area is 156 Å². The molecule has 1 heterocycles. The first kappa shape index (κ1) is 18.1. The number of halogens is 1. The minimum absolute atomic E-state index is 0.151. The molecule has 7 heteroatoms. The van der Waals surface area contributed by atoms with Gasteiger partial charge in [0.1, 0.15) is 5.75 Å². The number of amides is 2. The molecular weight excluding hydrogens is 354 g/mol. The molecule has 0 bridgehead atoms. The molecule has 2 aromatic carbocycles. The zero-order valence-electron chi connectivity index (χ0n) is 14.2. The monoisotopic (exact) mass is 373 g/mol. The Balaban J connectivity index is 1.71. The van der Waals surface area contributed by atoms with Gasteiger partial charge in [-0.25, -0.2) is 0 Å². The molecule has 1 saturated heterocycles. The molecule has 0 radical (unpaired) electrons. The van der Waals surface area contributed by atoms with Gasteiger partial charge in [0.25, 0.3) is 5.91 Å². The molecule has 2 amide bonds. The SMILES string of the molecule is NC(=O)c1ccc(N2CCCC2)c(NC(=O)COc2ccc(Cl)cc2)c1. The zero-order valence-corrected chi connectivity index (χ0v) is 15.0. The molecule has 1 aliphatic heterocycles. The first-order valence-electron chi connectivity index (χ1n) is 8.40. The standard InChI is InChI=1S/C19H20ClN3O3/c20-14-4-6-15(7-5-14)26-12-18(24)22-16-11-13(19(21)25)3-8-17(16)23-9-1-2-10-23/h3-8,11H,1-2,9-10,12H2,(H2,21,25)(H,22,24). The summed E-state index contributed by atoms with van der Waals surface area (Å²) in [4.78, 5) is 26.0. The van der Waals surface area contributed by atoms with E-state index in [2.05, 4.69) is 10.2 Å². The van der Waals surface area contributed by atoms with Crippen LogP contribution >= 0.6 is 11.6 Å². The molecule has 1 aliphatic rings. The van der Waals surface area contributed by atoms with Crippen LogP contribution in [0, 0.1) is 0 Å². The Morgan fingerprint density at radius 3 is 2.46 bits per heavy atom. The molecule has 136 valence electrons. The van der Waals surface area contributed by atoms with Gasteiger partial charge in [-0.05, 0) is 55.3 Å². The van der Waals surface area contributed by atoms with Crippen LogP contribution in [0.25, 0.3) is 0 Å². The molecule has 1 fully saturated rings. The highest BCUT2D eigenvalue weighted by molar-refractivity contribution is 6.30. The van der Waals surface area contributed by atoms with Crippen molar-refractivity contribution in [3.63, 3.8) is 0 Å². The van der Waals surface area contributed by atoms with E-state index in [0.717, 1.165) is 31.6 Å². The fraction of sp³-hybridized carbons (Fsp3) is 0.263. The van der Waals surface area contributed by atoms with E-state index in [1.54, 1.807) is 36.4 Å². The smallest absolute Gasteiger partial charge is 0.262 e. The van der Waals surface area contributed by atoms with E-state index < -0.39 is 5.91 Å². The summed E-state index contributed by atoms with van der Waals surface area (Å²) in [6.07, 6.45) is 2.20. The molecule has 0 atom stereocenters. The highest BCUT2D eigenvalue weighted by Crippen LogP contribution is 2.30. The number of nitrogens with one attached hydrogen (secondary N) is 1. The third-order valence-electron chi connectivity index (χ3n) is 4.19. The number of benzene rings is 2. The quantitative estimate of drug-likeness (QED) is 0.815. The third kappa shape index (κ3) is 4.46. The van der Waals surface area contributed by atoms with Crippen LogP contribution < -0.4 is 20.7 Å². The van der Waals surface area contributed by atoms with Crippen molar-refractivity contribution in [3.8, 4) is 5.75 Å². The van der Waals surface area contributed by atoms with Gasteiger partial charge in [-0.2, -0.15) is 0 Å². The van der Waals surface area contributed by atoms with Crippen molar-refractivity contribution >= 4 is 34.8 Å². The van der Waals surface area contributed by atoms with Crippen LogP contribution in [-0.2, 0) is 4.79 Å². The second kappa shape index (κ2) is 8.10. The van der Waals surface area contributed by atoms with Gasteiger partial charge in [0, 0.05) is 23.7 Å². The number of ether oxygens (including phenoxy) is 1. The van der Waals surface area contributed by atoms with Crippen LogP contribution in [-0.4, -0.2) is 31.5 Å². The number of anilines is 2. The normalized spacial score (nSPS) is 13.5. The predicted octanol–water partition coefficient (Wildman–Crippen LogP) is 3.06. The fourth-order valence-electron chi connectivity index (χ4n) is 2.89. The molecule has 0 aliphatic carbocycles. The summed E-state index contributed by atoms with van der Waals surface area (Å²) in [5.74, 6) is -0.303. The van der Waals surface area contributed by atoms with Crippen molar-refractivity contribution < 1.29 is 14.3 Å². The minimum Gasteiger partial charge on any atom is -0.484 e. The lowest BCUT2D eigenvalue weighted by Crippen LogP contribution is -2.24. The summed E-state index contributed by atoms with van der Waals surface area (Å²) in [6.45, 7) is 1.68. The summed E-state index contributed by atoms with van der Waals surface area (Å²) >= 11 is 5.82. The molecule has 0 spiro atoms. The number of carbonyl (C=O) groups is 2. The maximum atomic E-state index is 12.3. The number of carbonyl (C=O) groups excluding carboxylic acids is 2. The van der Waals surface area contributed by atoms with Gasteiger partial charge in [-0.15, -0.1) is 0 Å². The molecule has 26 heavy (non-hydrogen) atoms. The lowest BCUT2D eigenvalue weighted by molar-refractivity contribution is -0.118. The first-order valence-corrected chi connectivity index (χ1v) is 8.78. The summed E-state index contributed by atoms with van der Waals surface area (Å²) in [7, 11) is 0. The summed E-state index contributed by atoms with van der Waals surface area (Å²) in [6, 6.07) is 11.9. The van der Waals surface area contributed by atoms with Crippen LogP contribution in [0.15, 0.2) is 42.5 Å². The molecule has 6 nitrogen and oxygen atoms in total. The Morgan fingerprint density at radius 2 is 1.81 bits per heavy atom. The van der Waals surface area contributed by atoms with Gasteiger partial charge in [0.05, 0.1) is 11.4 Å². The lowest BCUT2D eigenvalue weighted by atomic mass is 10.1. The van der Waals surface area contributed by atoms with E-state index >= 15 is 0 Å². The highest BCUT2D eigenvalue weighted by Gasteiger charge is 2.18. The molecule has 0 saturated carbocycles. The van der Waals surface area contributed by atoms with Gasteiger partial charge in [-0.3, -0.25) is 9.59 Å². The fourth-order valence-corrected chi connectivity index (χ4v) is 3.02. The van der Waals surface area contributed by atoms with Gasteiger partial charge < -0.3 is 20.7 Å². The highest BCUT2D eigenvalue weighted by atomic mass is 35.5. The maximum absolute atomic E-state index is 12.3. The van der Waals surface area contributed by atoms with Crippen molar-refractivity contribution in [2.45, 2.75) is 12.8 Å². The van der Waals surface area contributed by atoms with E-state index in [1.807, 2.05) is 6.07 Å². The van der Waals surface area contributed by atoms with Crippen molar-refractivity contribution in [3.05, 3.63) is 53.1 Å². The van der Waals surface area contributed by atoms with Crippen LogP contribution in [0.4, 0.5) is 11.4 Å². The molecule has 2 aromatic rings. The Bertz CT molecular complexity index is 802. The van der Waals surface area contributed by atoms with Crippen LogP contribution in [0.3, 0.4) is 0 Å². The number of rotatable bonds is 6. The largest absolute Gasteiger partial charge is 0.484 e. The van der Waals surface area contributed by atoms with Crippen molar-refractivity contribution in [2.24, 2.45) is 5.73 Å². The Morgan fingerprint density at radius 1 is 1.12 bits per heavy atom. The second-order valence-corrected chi connectivity index (χ2v) is 6.52. The molecular formula is C19H20ClN3O3. The molecule has 3 rings (SSSR count). The van der Waals surface area contributed by atoms with E-state index in [9.17, 15) is 9.59 Å². The zero-order chi connectivity index (χ0) is 18.5. The maximum Gasteiger partial charge on any atom is 0.262 e. The average Bonchev–Trinajstić information content (AvgIpc) is 3.15. The van der Waals surface area contributed by atoms with Crippen molar-refractivity contribution in [2.75, 3.05) is 29.9 Å². The van der Waals surface area contributed by atoms with E-state index in [1.165, 1.54) is 0 Å². The third-order valence-corrected chi connectivity index (χ3v) is 4.44. The molecule has 0 unspecified atom stereocenters. The second-order valence-electron chi connectivity index (χ2n) is 6.08. The topological polar surface area (TPSA) is 84.7 Å². The van der Waals surface area contributed by atoms with E-state index in [4.69, 9.17) is 22.1 Å². The first-order chi connectivity index (χ1) is 12.5. The van der Waals surface area contributed by atoms with Gasteiger partial charge in [0.15, 0.2) is 6.61 Å². The van der Waals surface area contributed by atoms with Crippen LogP contribution in [0.5, 0.6) is 5.75 Å². The van der Waals surface area contributed by atoms with Crippen molar-refractivity contribution in [1.82, 2.24) is 0 Å². The number of hydrogen-bond donors (Lipinski definition) is 2. The average molecular weight is 374 g/mol. The molecule has 3 N–H and O–H groups in total. The Kier molecular flexibility index (Phi) is 5.63. The number of hydrogen-bond acceptors (Lipinski definition) is 4. The number of primary amides is 1. The molecule has 0 aromatic heterocycles. The van der Waals surface area contributed by atoms with Crippen molar-refractivity contribution in [1.29, 1.82) is 0 Å². The summed E-state index contributed by atoms with van der Waals surface area (Å²) in [5.41, 5.74) is 7.16. The van der Waals surface area contributed by atoms with Gasteiger partial charge in [0.2, 0.25) is 5.91 Å². The van der Waals surface area contributed by atoms with E-state index in [-0.39, 0.29) is 12.5 Å². The van der Waals surface area contributed by atoms with Crippen LogP contribution in [0.2, 0.25) is 5.02 Å². The number of nitrogens with zero attached hydrogens (tertiary/aromatic N) is 1. The van der Waals surface area contributed by atoms with Gasteiger partial charge >= 0.3 is 0 Å².